The maximum absolute atomic E-state index is 13.2. The van der Waals surface area contributed by atoms with Crippen LogP contribution < -0.4 is 0 Å². The van der Waals surface area contributed by atoms with Gasteiger partial charge in [0.25, 0.3) is 11.8 Å². The fourth-order valence-corrected chi connectivity index (χ4v) is 5.34. The summed E-state index contributed by atoms with van der Waals surface area (Å²) in [6, 6.07) is 25.0. The average molecular weight is 472 g/mol. The Morgan fingerprint density at radius 2 is 1.45 bits per heavy atom. The molecule has 0 spiro atoms. The molecular weight excluding hydrogens is 450 g/mol. The van der Waals surface area contributed by atoms with Gasteiger partial charge in [-0.15, -0.1) is 0 Å². The van der Waals surface area contributed by atoms with Crippen molar-refractivity contribution in [2.45, 2.75) is 25.3 Å². The number of carbonyl (C=O) groups is 2. The van der Waals surface area contributed by atoms with Crippen molar-refractivity contribution in [1.29, 1.82) is 0 Å². The summed E-state index contributed by atoms with van der Waals surface area (Å²) in [6.07, 6.45) is 0.684. The molecular formula is C28H22ClNO2S. The van der Waals surface area contributed by atoms with Gasteiger partial charge >= 0.3 is 0 Å². The summed E-state index contributed by atoms with van der Waals surface area (Å²) in [6.45, 7) is 1.97. The second-order valence-electron chi connectivity index (χ2n) is 8.34. The Labute approximate surface area is 202 Å². The number of halogens is 1. The second-order valence-corrected chi connectivity index (χ2v) is 9.55. The van der Waals surface area contributed by atoms with Crippen LogP contribution in [0.3, 0.4) is 0 Å². The predicted octanol–water partition coefficient (Wildman–Crippen LogP) is 7.08. The van der Waals surface area contributed by atoms with E-state index in [9.17, 15) is 9.59 Å². The van der Waals surface area contributed by atoms with E-state index < -0.39 is 0 Å². The van der Waals surface area contributed by atoms with Crippen LogP contribution in [0.1, 0.15) is 44.7 Å². The maximum Gasteiger partial charge on any atom is 0.261 e. The van der Waals surface area contributed by atoms with Gasteiger partial charge in [0.15, 0.2) is 0 Å². The summed E-state index contributed by atoms with van der Waals surface area (Å²) >= 11 is 7.76. The minimum atomic E-state index is -0.319. The van der Waals surface area contributed by atoms with Gasteiger partial charge in [0.1, 0.15) is 0 Å². The van der Waals surface area contributed by atoms with Gasteiger partial charge in [0.05, 0.1) is 11.1 Å². The van der Waals surface area contributed by atoms with E-state index in [0.29, 0.717) is 22.6 Å². The van der Waals surface area contributed by atoms with Gasteiger partial charge in [0.2, 0.25) is 0 Å². The van der Waals surface area contributed by atoms with Gasteiger partial charge in [0, 0.05) is 17.0 Å². The van der Waals surface area contributed by atoms with Crippen molar-refractivity contribution in [3.63, 3.8) is 0 Å². The molecule has 0 saturated carbocycles. The molecule has 164 valence electrons. The number of imide groups is 1. The highest BCUT2D eigenvalue weighted by molar-refractivity contribution is 7.08. The largest absolute Gasteiger partial charge is 0.271 e. The Kier molecular flexibility index (Phi) is 5.88. The molecule has 1 aromatic heterocycles. The number of thiophene rings is 1. The van der Waals surface area contributed by atoms with Crippen molar-refractivity contribution < 1.29 is 9.59 Å². The summed E-state index contributed by atoms with van der Waals surface area (Å²) < 4.78 is 0. The molecule has 0 N–H and O–H groups in total. The molecule has 2 atom stereocenters. The quantitative estimate of drug-likeness (QED) is 0.282. The van der Waals surface area contributed by atoms with Crippen LogP contribution in [0.15, 0.2) is 89.6 Å². The lowest BCUT2D eigenvalue weighted by molar-refractivity contribution is 0.0574. The molecule has 33 heavy (non-hydrogen) atoms. The first kappa shape index (κ1) is 21.6. The highest BCUT2D eigenvalue weighted by Crippen LogP contribution is 2.34. The van der Waals surface area contributed by atoms with Gasteiger partial charge in [-0.1, -0.05) is 60.1 Å². The molecule has 5 rings (SSSR count). The highest BCUT2D eigenvalue weighted by atomic mass is 35.5. The number of fused-ring (bicyclic) bond motifs is 1. The lowest BCUT2D eigenvalue weighted by atomic mass is 9.85. The molecule has 4 aromatic rings. The van der Waals surface area contributed by atoms with E-state index in [1.807, 2.05) is 31.2 Å². The summed E-state index contributed by atoms with van der Waals surface area (Å²) in [5.41, 5.74) is 5.50. The fourth-order valence-electron chi connectivity index (χ4n) is 4.55. The summed E-state index contributed by atoms with van der Waals surface area (Å²) in [5.74, 6) is -0.511. The first-order valence-corrected chi connectivity index (χ1v) is 12.2. The zero-order valence-corrected chi connectivity index (χ0v) is 19.6. The van der Waals surface area contributed by atoms with Gasteiger partial charge in [-0.25, -0.2) is 0 Å². The van der Waals surface area contributed by atoms with Crippen LogP contribution in [0.4, 0.5) is 0 Å². The van der Waals surface area contributed by atoms with E-state index >= 15 is 0 Å². The lowest BCUT2D eigenvalue weighted by Gasteiger charge is -2.31. The SMILES string of the molecule is CC(C(Cc1ccc(Cl)cc1)c1ccc(-c2ccsc2)cc1)N1C(=O)c2ccccc2C1=O. The molecule has 3 nitrogen and oxygen atoms in total. The number of hydrogen-bond acceptors (Lipinski definition) is 3. The third kappa shape index (κ3) is 4.12. The van der Waals surface area contributed by atoms with Crippen LogP contribution >= 0.6 is 22.9 Å². The van der Waals surface area contributed by atoms with Crippen LogP contribution in [-0.2, 0) is 6.42 Å². The summed E-state index contributed by atoms with van der Waals surface area (Å²) in [5, 5.41) is 4.88. The normalized spacial score (nSPS) is 14.9. The zero-order chi connectivity index (χ0) is 22.9. The molecule has 0 aliphatic carbocycles. The van der Waals surface area contributed by atoms with E-state index in [0.717, 1.165) is 16.7 Å². The molecule has 2 heterocycles. The van der Waals surface area contributed by atoms with Gasteiger partial charge in [-0.05, 0) is 76.7 Å². The molecule has 0 radical (unpaired) electrons. The molecule has 5 heteroatoms. The van der Waals surface area contributed by atoms with Gasteiger partial charge in [-0.2, -0.15) is 11.3 Å². The highest BCUT2D eigenvalue weighted by Gasteiger charge is 2.41. The molecule has 0 bridgehead atoms. The van der Waals surface area contributed by atoms with Crippen molar-refractivity contribution in [2.24, 2.45) is 0 Å². The molecule has 1 aliphatic rings. The Balaban J connectivity index is 1.50. The zero-order valence-electron chi connectivity index (χ0n) is 18.1. The number of amides is 2. The van der Waals surface area contributed by atoms with E-state index in [1.54, 1.807) is 35.6 Å². The van der Waals surface area contributed by atoms with Gasteiger partial charge < -0.3 is 0 Å². The van der Waals surface area contributed by atoms with Crippen LogP contribution in [-0.4, -0.2) is 22.8 Å². The standard InChI is InChI=1S/C28H22ClNO2S/c1-18(30-27(31)24-4-2-3-5-25(24)28(30)32)26(16-19-6-12-23(29)13-7-19)21-10-8-20(9-11-21)22-14-15-33-17-22/h2-15,17-18,26H,16H2,1H3. The molecule has 2 amide bonds. The van der Waals surface area contributed by atoms with E-state index in [-0.39, 0.29) is 23.8 Å². The fraction of sp³-hybridized carbons (Fsp3) is 0.143. The first-order valence-electron chi connectivity index (χ1n) is 10.9. The minimum absolute atomic E-state index is 0.0649. The Bertz CT molecular complexity index is 1260. The number of benzene rings is 3. The average Bonchev–Trinajstić information content (AvgIpc) is 3.46. The van der Waals surface area contributed by atoms with E-state index in [2.05, 4.69) is 41.1 Å². The van der Waals surface area contributed by atoms with Crippen LogP contribution in [0.25, 0.3) is 11.1 Å². The molecule has 1 aliphatic heterocycles. The Hall–Kier alpha value is -3.21. The lowest BCUT2D eigenvalue weighted by Crippen LogP contribution is -2.42. The van der Waals surface area contributed by atoms with Crippen LogP contribution in [0, 0.1) is 0 Å². The second kappa shape index (κ2) is 8.97. The van der Waals surface area contributed by atoms with Crippen molar-refractivity contribution in [1.82, 2.24) is 4.90 Å². The molecule has 0 fully saturated rings. The van der Waals surface area contributed by atoms with Crippen molar-refractivity contribution >= 4 is 34.8 Å². The first-order chi connectivity index (χ1) is 16.0. The van der Waals surface area contributed by atoms with Crippen molar-refractivity contribution in [3.8, 4) is 11.1 Å². The summed E-state index contributed by atoms with van der Waals surface area (Å²) in [7, 11) is 0. The topological polar surface area (TPSA) is 37.4 Å². The van der Waals surface area contributed by atoms with Crippen LogP contribution in [0.2, 0.25) is 5.02 Å². The van der Waals surface area contributed by atoms with Crippen molar-refractivity contribution in [2.75, 3.05) is 0 Å². The van der Waals surface area contributed by atoms with Crippen molar-refractivity contribution in [3.05, 3.63) is 117 Å². The monoisotopic (exact) mass is 471 g/mol. The maximum atomic E-state index is 13.2. The van der Waals surface area contributed by atoms with Gasteiger partial charge in [-0.3, -0.25) is 14.5 Å². The number of hydrogen-bond donors (Lipinski definition) is 0. The van der Waals surface area contributed by atoms with E-state index in [1.165, 1.54) is 10.5 Å². The third-order valence-corrected chi connectivity index (χ3v) is 7.31. The number of carbonyl (C=O) groups excluding carboxylic acids is 2. The number of rotatable bonds is 6. The Morgan fingerprint density at radius 3 is 2.03 bits per heavy atom. The van der Waals surface area contributed by atoms with E-state index in [4.69, 9.17) is 11.6 Å². The molecule has 2 unspecified atom stereocenters. The minimum Gasteiger partial charge on any atom is -0.271 e. The molecule has 3 aromatic carbocycles. The predicted molar refractivity (Wildman–Crippen MR) is 134 cm³/mol. The smallest absolute Gasteiger partial charge is 0.261 e. The third-order valence-electron chi connectivity index (χ3n) is 6.38. The van der Waals surface area contributed by atoms with Crippen LogP contribution in [0.5, 0.6) is 0 Å². The summed E-state index contributed by atoms with van der Waals surface area (Å²) in [4.78, 5) is 27.8. The molecule has 0 saturated heterocycles. The Morgan fingerprint density at radius 1 is 0.818 bits per heavy atom. The number of nitrogens with zero attached hydrogens (tertiary/aromatic N) is 1.